The van der Waals surface area contributed by atoms with Gasteiger partial charge in [0.25, 0.3) is 5.91 Å². The van der Waals surface area contributed by atoms with Crippen LogP contribution < -0.4 is 5.32 Å². The van der Waals surface area contributed by atoms with Gasteiger partial charge in [-0.05, 0) is 64.8 Å². The fourth-order valence-electron chi connectivity index (χ4n) is 3.38. The predicted molar refractivity (Wildman–Crippen MR) is 98.0 cm³/mol. The van der Waals surface area contributed by atoms with E-state index in [1.807, 2.05) is 50.1 Å². The van der Waals surface area contributed by atoms with Gasteiger partial charge in [0, 0.05) is 13.1 Å². The normalized spacial score (nSPS) is 15.6. The van der Waals surface area contributed by atoms with Gasteiger partial charge in [0.15, 0.2) is 5.69 Å². The summed E-state index contributed by atoms with van der Waals surface area (Å²) in [5, 5.41) is 11.6. The largest absolute Gasteiger partial charge is 0.337 e. The number of piperidine rings is 1. The Balaban J connectivity index is 1.68. The van der Waals surface area contributed by atoms with Gasteiger partial charge in [0.05, 0.1) is 11.4 Å². The van der Waals surface area contributed by atoms with E-state index in [0.717, 1.165) is 43.9 Å². The molecule has 25 heavy (non-hydrogen) atoms. The summed E-state index contributed by atoms with van der Waals surface area (Å²) in [6.07, 6.45) is 3.32. The second kappa shape index (κ2) is 7.78. The zero-order chi connectivity index (χ0) is 17.8. The number of nitrogens with one attached hydrogen (secondary N) is 1. The summed E-state index contributed by atoms with van der Waals surface area (Å²) < 4.78 is 1.74. The maximum Gasteiger partial charge on any atom is 0.276 e. The first-order chi connectivity index (χ1) is 12.1. The molecule has 1 saturated heterocycles. The Bertz CT molecular complexity index is 714. The van der Waals surface area contributed by atoms with Crippen molar-refractivity contribution in [1.82, 2.24) is 25.2 Å². The molecule has 3 rings (SSSR count). The number of rotatable bonds is 5. The van der Waals surface area contributed by atoms with Crippen molar-refractivity contribution in [3.63, 3.8) is 0 Å². The van der Waals surface area contributed by atoms with E-state index >= 15 is 0 Å². The lowest BCUT2D eigenvalue weighted by atomic mass is 9.93. The molecule has 1 N–H and O–H groups in total. The van der Waals surface area contributed by atoms with Crippen LogP contribution in [0.25, 0.3) is 5.69 Å². The van der Waals surface area contributed by atoms with Crippen molar-refractivity contribution in [3.05, 3.63) is 41.2 Å². The van der Waals surface area contributed by atoms with E-state index in [2.05, 4.69) is 15.6 Å². The van der Waals surface area contributed by atoms with Crippen LogP contribution in [0.4, 0.5) is 0 Å². The molecular weight excluding hydrogens is 314 g/mol. The lowest BCUT2D eigenvalue weighted by Crippen LogP contribution is -2.39. The molecule has 0 bridgehead atoms. The molecule has 1 aromatic heterocycles. The van der Waals surface area contributed by atoms with Gasteiger partial charge in [-0.3, -0.25) is 4.79 Å². The molecule has 0 aliphatic carbocycles. The van der Waals surface area contributed by atoms with Crippen LogP contribution in [0.1, 0.15) is 41.0 Å². The molecule has 0 radical (unpaired) electrons. The van der Waals surface area contributed by atoms with Gasteiger partial charge in [-0.2, -0.15) is 0 Å². The number of amides is 1. The molecule has 0 spiro atoms. The molecule has 6 nitrogen and oxygen atoms in total. The van der Waals surface area contributed by atoms with Crippen molar-refractivity contribution in [2.24, 2.45) is 5.92 Å². The van der Waals surface area contributed by atoms with Gasteiger partial charge in [-0.1, -0.05) is 22.9 Å². The Kier molecular flexibility index (Phi) is 5.48. The summed E-state index contributed by atoms with van der Waals surface area (Å²) in [6, 6.07) is 8.07. The van der Waals surface area contributed by atoms with Crippen LogP contribution in [0, 0.1) is 19.8 Å². The number of carbonyl (C=O) groups excluding carboxylic acids is 1. The third-order valence-corrected chi connectivity index (χ3v) is 5.08. The maximum absolute atomic E-state index is 12.8. The molecular formula is C19H27N5O. The number of hydrogen-bond acceptors (Lipinski definition) is 4. The molecule has 0 saturated carbocycles. The molecule has 2 heterocycles. The standard InChI is InChI=1S/C19H27N5O/c1-14-4-6-17(7-5-14)24-15(2)18(21-22-24)19(25)23-12-9-16(10-13-23)8-11-20-3/h4-7,16,20H,8-13H2,1-3H3. The van der Waals surface area contributed by atoms with Crippen LogP contribution in [-0.4, -0.2) is 52.5 Å². The Hall–Kier alpha value is -2.21. The quantitative estimate of drug-likeness (QED) is 0.907. The van der Waals surface area contributed by atoms with Crippen LogP contribution in [0.3, 0.4) is 0 Å². The van der Waals surface area contributed by atoms with Crippen molar-refractivity contribution >= 4 is 5.91 Å². The number of aryl methyl sites for hydroxylation is 1. The van der Waals surface area contributed by atoms with E-state index in [-0.39, 0.29) is 5.91 Å². The topological polar surface area (TPSA) is 63.1 Å². The van der Waals surface area contributed by atoms with Gasteiger partial charge in [-0.25, -0.2) is 4.68 Å². The number of nitrogens with zero attached hydrogens (tertiary/aromatic N) is 4. The molecule has 1 amide bonds. The minimum Gasteiger partial charge on any atom is -0.337 e. The third-order valence-electron chi connectivity index (χ3n) is 5.08. The first-order valence-electron chi connectivity index (χ1n) is 9.03. The van der Waals surface area contributed by atoms with E-state index in [4.69, 9.17) is 0 Å². The Morgan fingerprint density at radius 3 is 2.52 bits per heavy atom. The van der Waals surface area contributed by atoms with Crippen LogP contribution in [0.2, 0.25) is 0 Å². The number of carbonyl (C=O) groups is 1. The second-order valence-electron chi connectivity index (χ2n) is 6.90. The molecule has 6 heteroatoms. The smallest absolute Gasteiger partial charge is 0.276 e. The van der Waals surface area contributed by atoms with Gasteiger partial charge in [0.1, 0.15) is 0 Å². The van der Waals surface area contributed by atoms with E-state index in [1.54, 1.807) is 4.68 Å². The summed E-state index contributed by atoms with van der Waals surface area (Å²) in [4.78, 5) is 14.8. The summed E-state index contributed by atoms with van der Waals surface area (Å²) in [7, 11) is 1.98. The Morgan fingerprint density at radius 2 is 1.88 bits per heavy atom. The van der Waals surface area contributed by atoms with Gasteiger partial charge < -0.3 is 10.2 Å². The summed E-state index contributed by atoms with van der Waals surface area (Å²) in [5.41, 5.74) is 3.39. The van der Waals surface area contributed by atoms with E-state index in [0.29, 0.717) is 11.6 Å². The number of likely N-dealkylation sites (tertiary alicyclic amines) is 1. The van der Waals surface area contributed by atoms with Gasteiger partial charge in [-0.15, -0.1) is 5.10 Å². The highest BCUT2D eigenvalue weighted by atomic mass is 16.2. The van der Waals surface area contributed by atoms with Crippen molar-refractivity contribution in [2.45, 2.75) is 33.1 Å². The van der Waals surface area contributed by atoms with Crippen LogP contribution in [0.15, 0.2) is 24.3 Å². The molecule has 0 unspecified atom stereocenters. The molecule has 2 aromatic rings. The third kappa shape index (κ3) is 3.90. The fraction of sp³-hybridized carbons (Fsp3) is 0.526. The lowest BCUT2D eigenvalue weighted by Gasteiger charge is -2.31. The van der Waals surface area contributed by atoms with Crippen LogP contribution in [-0.2, 0) is 0 Å². The highest BCUT2D eigenvalue weighted by Gasteiger charge is 2.27. The number of aromatic nitrogens is 3. The van der Waals surface area contributed by atoms with Crippen molar-refractivity contribution < 1.29 is 4.79 Å². The Morgan fingerprint density at radius 1 is 1.20 bits per heavy atom. The first-order valence-corrected chi connectivity index (χ1v) is 9.03. The number of benzene rings is 1. The zero-order valence-corrected chi connectivity index (χ0v) is 15.3. The molecule has 0 atom stereocenters. The van der Waals surface area contributed by atoms with Crippen molar-refractivity contribution in [3.8, 4) is 5.69 Å². The molecule has 134 valence electrons. The predicted octanol–water partition coefficient (Wildman–Crippen LogP) is 2.35. The minimum atomic E-state index is 0.00271. The monoisotopic (exact) mass is 341 g/mol. The van der Waals surface area contributed by atoms with E-state index in [1.165, 1.54) is 12.0 Å². The summed E-state index contributed by atoms with van der Waals surface area (Å²) in [6.45, 7) is 6.62. The molecule has 1 aliphatic rings. The number of hydrogen-bond donors (Lipinski definition) is 1. The SMILES string of the molecule is CNCCC1CCN(C(=O)c2nnn(-c3ccc(C)cc3)c2C)CC1. The van der Waals surface area contributed by atoms with Crippen molar-refractivity contribution in [2.75, 3.05) is 26.7 Å². The maximum atomic E-state index is 12.8. The van der Waals surface area contributed by atoms with Gasteiger partial charge in [0.2, 0.25) is 0 Å². The average molecular weight is 341 g/mol. The summed E-state index contributed by atoms with van der Waals surface area (Å²) >= 11 is 0. The fourth-order valence-corrected chi connectivity index (χ4v) is 3.38. The van der Waals surface area contributed by atoms with Crippen LogP contribution in [0.5, 0.6) is 0 Å². The second-order valence-corrected chi connectivity index (χ2v) is 6.90. The molecule has 1 aromatic carbocycles. The van der Waals surface area contributed by atoms with Crippen LogP contribution >= 0.6 is 0 Å². The van der Waals surface area contributed by atoms with Gasteiger partial charge >= 0.3 is 0 Å². The first kappa shape index (κ1) is 17.6. The molecule has 1 fully saturated rings. The highest BCUT2D eigenvalue weighted by molar-refractivity contribution is 5.93. The Labute approximate surface area is 149 Å². The van der Waals surface area contributed by atoms with Crippen molar-refractivity contribution in [1.29, 1.82) is 0 Å². The average Bonchev–Trinajstić information content (AvgIpc) is 3.02. The zero-order valence-electron chi connectivity index (χ0n) is 15.3. The van der Waals surface area contributed by atoms with E-state index < -0.39 is 0 Å². The lowest BCUT2D eigenvalue weighted by molar-refractivity contribution is 0.0680. The minimum absolute atomic E-state index is 0.00271. The summed E-state index contributed by atoms with van der Waals surface area (Å²) in [5.74, 6) is 0.712. The highest BCUT2D eigenvalue weighted by Crippen LogP contribution is 2.22. The van der Waals surface area contributed by atoms with E-state index in [9.17, 15) is 4.79 Å². The molecule has 1 aliphatic heterocycles.